The molecule has 0 amide bonds. The van der Waals surface area contributed by atoms with Crippen molar-refractivity contribution in [2.45, 2.75) is 65.1 Å². The molecule has 7 heteroatoms. The summed E-state index contributed by atoms with van der Waals surface area (Å²) in [7, 11) is 0. The van der Waals surface area contributed by atoms with Crippen molar-refractivity contribution in [2.24, 2.45) is 5.92 Å². The normalized spacial score (nSPS) is 18.0. The predicted molar refractivity (Wildman–Crippen MR) is 149 cm³/mol. The maximum Gasteiger partial charge on any atom is 0.360 e. The van der Waals surface area contributed by atoms with E-state index in [0.29, 0.717) is 19.1 Å². The zero-order valence-electron chi connectivity index (χ0n) is 23.2. The Kier molecular flexibility index (Phi) is 11.1. The maximum atomic E-state index is 13.5. The number of hydrogen-bond acceptors (Lipinski definition) is 7. The summed E-state index contributed by atoms with van der Waals surface area (Å²) in [5.41, 5.74) is 0.993. The molecule has 0 aromatic heterocycles. The lowest BCUT2D eigenvalue weighted by molar-refractivity contribution is -0.178. The highest BCUT2D eigenvalue weighted by Gasteiger charge is 2.44. The van der Waals surface area contributed by atoms with Gasteiger partial charge in [-0.05, 0) is 54.2 Å². The Morgan fingerprint density at radius 3 is 2.31 bits per heavy atom. The fourth-order valence-corrected chi connectivity index (χ4v) is 3.80. The summed E-state index contributed by atoms with van der Waals surface area (Å²) >= 11 is 0. The largest absolute Gasteiger partial charge is 0.465 e. The maximum absolute atomic E-state index is 13.5. The molecular weight excluding hydrogens is 496 g/mol. The van der Waals surface area contributed by atoms with Gasteiger partial charge in [0.05, 0.1) is 13.0 Å². The molecule has 1 aliphatic rings. The first-order chi connectivity index (χ1) is 18.8. The van der Waals surface area contributed by atoms with Crippen molar-refractivity contribution in [3.8, 4) is 5.75 Å². The van der Waals surface area contributed by atoms with E-state index in [1.165, 1.54) is 0 Å². The third-order valence-electron chi connectivity index (χ3n) is 6.50. The lowest BCUT2D eigenvalue weighted by atomic mass is 9.89. The van der Waals surface area contributed by atoms with Crippen LogP contribution >= 0.6 is 0 Å². The van der Waals surface area contributed by atoms with Crippen molar-refractivity contribution in [3.63, 3.8) is 0 Å². The van der Waals surface area contributed by atoms with E-state index in [9.17, 15) is 14.4 Å². The molecule has 7 nitrogen and oxygen atoms in total. The molecule has 2 aromatic carbocycles. The molecule has 0 aliphatic heterocycles. The topological polar surface area (TPSA) is 88.1 Å². The van der Waals surface area contributed by atoms with Gasteiger partial charge in [-0.2, -0.15) is 0 Å². The van der Waals surface area contributed by atoms with Gasteiger partial charge in [0, 0.05) is 13.0 Å². The molecule has 0 fully saturated rings. The summed E-state index contributed by atoms with van der Waals surface area (Å²) in [5, 5.41) is 0. The molecule has 1 aliphatic carbocycles. The lowest BCUT2D eigenvalue weighted by Gasteiger charge is -2.31. The van der Waals surface area contributed by atoms with E-state index >= 15 is 0 Å². The summed E-state index contributed by atoms with van der Waals surface area (Å²) < 4.78 is 22.2. The first kappa shape index (κ1) is 29.8. The van der Waals surface area contributed by atoms with Crippen LogP contribution in [-0.2, 0) is 35.0 Å². The molecule has 2 aromatic rings. The molecule has 0 bridgehead atoms. The van der Waals surface area contributed by atoms with Gasteiger partial charge in [-0.15, -0.1) is 0 Å². The first-order valence-electron chi connectivity index (χ1n) is 13.5. The van der Waals surface area contributed by atoms with E-state index in [0.717, 1.165) is 29.5 Å². The van der Waals surface area contributed by atoms with Gasteiger partial charge in [-0.3, -0.25) is 4.79 Å². The van der Waals surface area contributed by atoms with Gasteiger partial charge in [-0.1, -0.05) is 81.8 Å². The number of ether oxygens (including phenoxy) is 4. The van der Waals surface area contributed by atoms with Crippen molar-refractivity contribution in [2.75, 3.05) is 13.2 Å². The Bertz CT molecular complexity index is 1170. The van der Waals surface area contributed by atoms with Crippen molar-refractivity contribution in [1.82, 2.24) is 0 Å². The molecule has 0 saturated heterocycles. The van der Waals surface area contributed by atoms with Crippen LogP contribution in [0.15, 0.2) is 72.8 Å². The third-order valence-corrected chi connectivity index (χ3v) is 6.50. The Labute approximate surface area is 230 Å². The van der Waals surface area contributed by atoms with Crippen molar-refractivity contribution < 1.29 is 33.3 Å². The van der Waals surface area contributed by atoms with E-state index in [-0.39, 0.29) is 24.6 Å². The Hall–Kier alpha value is -3.71. The molecule has 0 saturated carbocycles. The molecule has 3 rings (SSSR count). The van der Waals surface area contributed by atoms with E-state index < -0.39 is 23.6 Å². The number of benzene rings is 2. The molecule has 0 N–H and O–H groups in total. The quantitative estimate of drug-likeness (QED) is 0.235. The second-order valence-corrected chi connectivity index (χ2v) is 9.79. The zero-order chi connectivity index (χ0) is 28.3. The highest BCUT2D eigenvalue weighted by atomic mass is 16.6. The van der Waals surface area contributed by atoms with Crippen LogP contribution in [0.4, 0.5) is 0 Å². The second-order valence-electron chi connectivity index (χ2n) is 9.79. The Morgan fingerprint density at radius 2 is 1.69 bits per heavy atom. The van der Waals surface area contributed by atoms with Crippen LogP contribution in [0.1, 0.15) is 58.1 Å². The number of carbonyl (C=O) groups excluding carboxylic acids is 3. The molecule has 0 spiro atoms. The lowest BCUT2D eigenvalue weighted by Crippen LogP contribution is -2.46. The van der Waals surface area contributed by atoms with Gasteiger partial charge < -0.3 is 18.9 Å². The van der Waals surface area contributed by atoms with Crippen molar-refractivity contribution in [3.05, 3.63) is 84.0 Å². The van der Waals surface area contributed by atoms with Crippen LogP contribution in [0.5, 0.6) is 5.75 Å². The smallest absolute Gasteiger partial charge is 0.360 e. The van der Waals surface area contributed by atoms with Gasteiger partial charge in [-0.25, -0.2) is 9.59 Å². The third kappa shape index (κ3) is 8.65. The summed E-state index contributed by atoms with van der Waals surface area (Å²) in [5.74, 6) is -1.09. The highest BCUT2D eigenvalue weighted by Crippen LogP contribution is 2.32. The van der Waals surface area contributed by atoms with Crippen LogP contribution in [0.25, 0.3) is 5.57 Å². The zero-order valence-corrected chi connectivity index (χ0v) is 23.2. The predicted octanol–water partition coefficient (Wildman–Crippen LogP) is 5.86. The van der Waals surface area contributed by atoms with E-state index in [4.69, 9.17) is 18.9 Å². The van der Waals surface area contributed by atoms with Crippen molar-refractivity contribution >= 4 is 23.5 Å². The van der Waals surface area contributed by atoms with Crippen LogP contribution in [0.3, 0.4) is 0 Å². The summed E-state index contributed by atoms with van der Waals surface area (Å²) in [4.78, 5) is 38.4. The first-order valence-corrected chi connectivity index (χ1v) is 13.5. The average Bonchev–Trinajstić information content (AvgIpc) is 2.96. The number of hydrogen-bond donors (Lipinski definition) is 0. The van der Waals surface area contributed by atoms with Crippen LogP contribution in [-0.4, -0.2) is 42.8 Å². The standard InChI is InChI=1S/C32H38O7/c1-5-20-36-24(4)30(34)39-32(18-16-27(17-19-32)26-10-8-7-9-11-26)31(35)38-28-14-12-25(13-15-28)21-29(33)37-22-23(3)6-2/h7-18,23-24H,5-6,19-22H2,1-4H3/t23-,24-,32?/m0/s1. The highest BCUT2D eigenvalue weighted by molar-refractivity contribution is 5.91. The molecule has 1 unspecified atom stereocenters. The average molecular weight is 535 g/mol. The molecule has 0 radical (unpaired) electrons. The minimum absolute atomic E-state index is 0.110. The molecular formula is C32H38O7. The molecule has 3 atom stereocenters. The monoisotopic (exact) mass is 534 g/mol. The van der Waals surface area contributed by atoms with Crippen LogP contribution in [0.2, 0.25) is 0 Å². The Morgan fingerprint density at radius 1 is 0.974 bits per heavy atom. The minimum atomic E-state index is -1.64. The van der Waals surface area contributed by atoms with Gasteiger partial charge >= 0.3 is 17.9 Å². The van der Waals surface area contributed by atoms with E-state index in [1.807, 2.05) is 57.2 Å². The molecule has 39 heavy (non-hydrogen) atoms. The summed E-state index contributed by atoms with van der Waals surface area (Å²) in [6.45, 7) is 8.41. The molecule has 208 valence electrons. The Balaban J connectivity index is 1.72. The fraction of sp³-hybridized carbons (Fsp3) is 0.406. The minimum Gasteiger partial charge on any atom is -0.465 e. The summed E-state index contributed by atoms with van der Waals surface area (Å²) in [6, 6.07) is 16.4. The van der Waals surface area contributed by atoms with Gasteiger partial charge in [0.25, 0.3) is 0 Å². The number of allylic oxidation sites excluding steroid dienone is 2. The van der Waals surface area contributed by atoms with E-state index in [1.54, 1.807) is 43.3 Å². The van der Waals surface area contributed by atoms with E-state index in [2.05, 4.69) is 0 Å². The van der Waals surface area contributed by atoms with Gasteiger partial charge in [0.1, 0.15) is 5.75 Å². The van der Waals surface area contributed by atoms with Crippen LogP contribution in [0, 0.1) is 5.92 Å². The van der Waals surface area contributed by atoms with Crippen molar-refractivity contribution in [1.29, 1.82) is 0 Å². The number of esters is 3. The number of rotatable bonds is 13. The van der Waals surface area contributed by atoms with Gasteiger partial charge in [0.15, 0.2) is 6.10 Å². The second kappa shape index (κ2) is 14.4. The fourth-order valence-electron chi connectivity index (χ4n) is 3.80. The SMILES string of the molecule is CCCO[C@@H](C)C(=O)OC1(C(=O)Oc2ccc(CC(=O)OC[C@@H](C)CC)cc2)C=CC(c2ccccc2)=CC1. The van der Waals surface area contributed by atoms with Gasteiger partial charge in [0.2, 0.25) is 5.60 Å². The molecule has 0 heterocycles. The number of carbonyl (C=O) groups is 3. The van der Waals surface area contributed by atoms with Crippen LogP contribution < -0.4 is 4.74 Å². The summed E-state index contributed by atoms with van der Waals surface area (Å²) in [6.07, 6.45) is 6.28.